The number of hydrogen-bond donors (Lipinski definition) is 0. The minimum atomic E-state index is -0.969. The normalized spacial score (nSPS) is 13.2. The van der Waals surface area contributed by atoms with Crippen molar-refractivity contribution >= 4 is 19.4 Å². The molecule has 86 valence electrons. The molecule has 0 saturated heterocycles. The molecule has 0 atom stereocenters. The van der Waals surface area contributed by atoms with Gasteiger partial charge in [0.15, 0.2) is 0 Å². The highest BCUT2D eigenvalue weighted by molar-refractivity contribution is 7.10. The van der Waals surface area contributed by atoms with Crippen LogP contribution in [0.3, 0.4) is 0 Å². The fourth-order valence-corrected chi connectivity index (χ4v) is 4.42. The third-order valence-corrected chi connectivity index (χ3v) is 4.57. The van der Waals surface area contributed by atoms with E-state index in [9.17, 15) is 0 Å². The molecule has 15 heavy (non-hydrogen) atoms. The lowest BCUT2D eigenvalue weighted by Crippen LogP contribution is -2.34. The Balaban J connectivity index is 2.79. The van der Waals surface area contributed by atoms with Crippen LogP contribution in [0.4, 0.5) is 0 Å². The molecule has 1 heterocycles. The van der Waals surface area contributed by atoms with Gasteiger partial charge in [-0.25, -0.2) is 0 Å². The first-order valence-electron chi connectivity index (χ1n) is 5.53. The molecule has 0 radical (unpaired) electrons. The van der Waals surface area contributed by atoms with Crippen molar-refractivity contribution < 1.29 is 4.48 Å². The van der Waals surface area contributed by atoms with E-state index in [-0.39, 0.29) is 0 Å². The van der Waals surface area contributed by atoms with Crippen molar-refractivity contribution in [2.45, 2.75) is 32.2 Å². The first-order valence-corrected chi connectivity index (χ1v) is 10.1. The molecular weight excluding hydrogens is 218 g/mol. The molecule has 0 bridgehead atoms. The Morgan fingerprint density at radius 2 is 1.80 bits per heavy atom. The molecule has 0 aromatic carbocycles. The number of hydrogen-bond acceptors (Lipinski definition) is 1. The van der Waals surface area contributed by atoms with Gasteiger partial charge in [0.25, 0.3) is 0 Å². The topological polar surface area (TPSA) is 0 Å². The van der Waals surface area contributed by atoms with Crippen LogP contribution in [-0.4, -0.2) is 33.7 Å². The molecule has 0 unspecified atom stereocenters. The van der Waals surface area contributed by atoms with Gasteiger partial charge in [-0.2, -0.15) is 0 Å². The van der Waals surface area contributed by atoms with Gasteiger partial charge in [-0.05, 0) is 23.1 Å². The third kappa shape index (κ3) is 4.95. The summed E-state index contributed by atoms with van der Waals surface area (Å²) in [6, 6.07) is 3.65. The summed E-state index contributed by atoms with van der Waals surface area (Å²) in [5, 5.41) is 2.25. The Kier molecular flexibility index (Phi) is 3.79. The van der Waals surface area contributed by atoms with E-state index in [1.54, 1.807) is 10.4 Å². The van der Waals surface area contributed by atoms with E-state index in [2.05, 4.69) is 52.2 Å². The second-order valence-electron chi connectivity index (χ2n) is 6.55. The van der Waals surface area contributed by atoms with Gasteiger partial charge in [0.1, 0.15) is 6.54 Å². The van der Waals surface area contributed by atoms with Gasteiger partial charge in [0.05, 0.1) is 26.0 Å². The lowest BCUT2D eigenvalue weighted by Gasteiger charge is -2.24. The molecule has 0 aliphatic heterocycles. The van der Waals surface area contributed by atoms with E-state index in [1.807, 2.05) is 11.3 Å². The highest BCUT2D eigenvalue weighted by Crippen LogP contribution is 2.23. The minimum Gasteiger partial charge on any atom is -0.326 e. The van der Waals surface area contributed by atoms with E-state index >= 15 is 0 Å². The monoisotopic (exact) mass is 242 g/mol. The first-order chi connectivity index (χ1) is 6.67. The summed E-state index contributed by atoms with van der Waals surface area (Å²) in [6.07, 6.45) is 0. The van der Waals surface area contributed by atoms with Crippen molar-refractivity contribution in [3.05, 3.63) is 21.9 Å². The highest BCUT2D eigenvalue weighted by atomic mass is 32.1. The van der Waals surface area contributed by atoms with Crippen molar-refractivity contribution in [2.24, 2.45) is 0 Å². The quantitative estimate of drug-likeness (QED) is 0.561. The summed E-state index contributed by atoms with van der Waals surface area (Å²) in [6.45, 7) is 8.50. The molecule has 1 aromatic heterocycles. The summed E-state index contributed by atoms with van der Waals surface area (Å²) in [5.74, 6) is 0. The molecule has 3 heteroatoms. The van der Waals surface area contributed by atoms with Crippen LogP contribution in [0.1, 0.15) is 10.4 Å². The summed E-state index contributed by atoms with van der Waals surface area (Å²) < 4.78 is 1.03. The maximum Gasteiger partial charge on any atom is 0.113 e. The van der Waals surface area contributed by atoms with Gasteiger partial charge < -0.3 is 4.48 Å². The summed E-state index contributed by atoms with van der Waals surface area (Å²) >= 11 is 1.92. The number of quaternary nitrogens is 1. The minimum absolute atomic E-state index is 0.969. The summed E-state index contributed by atoms with van der Waals surface area (Å²) in [5.41, 5.74) is 1.60. The van der Waals surface area contributed by atoms with Crippen LogP contribution in [0.15, 0.2) is 11.4 Å². The molecule has 0 aliphatic carbocycles. The van der Waals surface area contributed by atoms with Gasteiger partial charge in [-0.15, -0.1) is 11.3 Å². The third-order valence-electron chi connectivity index (χ3n) is 2.18. The summed E-state index contributed by atoms with van der Waals surface area (Å²) in [4.78, 5) is 1.59. The van der Waals surface area contributed by atoms with E-state index in [4.69, 9.17) is 0 Å². The van der Waals surface area contributed by atoms with Crippen LogP contribution in [0.5, 0.6) is 0 Å². The van der Waals surface area contributed by atoms with E-state index in [0.29, 0.717) is 0 Å². The van der Waals surface area contributed by atoms with Crippen LogP contribution >= 0.6 is 11.3 Å². The van der Waals surface area contributed by atoms with E-state index in [1.165, 1.54) is 6.04 Å². The second kappa shape index (κ2) is 4.40. The SMILES string of the molecule is C[N+](C)(C)Cc1sccc1C[Si](C)(C)C. The number of thiophene rings is 1. The van der Waals surface area contributed by atoms with Gasteiger partial charge in [0.2, 0.25) is 0 Å². The van der Waals surface area contributed by atoms with Crippen molar-refractivity contribution in [2.75, 3.05) is 21.1 Å². The standard InChI is InChI=1S/C12H24NSSi/c1-13(2,3)9-12-11(7-8-14-12)10-15(4,5)6/h7-8H,9-10H2,1-6H3/q+1. The van der Waals surface area contributed by atoms with Crippen molar-refractivity contribution in [3.63, 3.8) is 0 Å². The zero-order valence-corrected chi connectivity index (χ0v) is 12.7. The number of rotatable bonds is 4. The van der Waals surface area contributed by atoms with Crippen LogP contribution in [-0.2, 0) is 12.6 Å². The molecule has 1 aromatic rings. The molecule has 0 amide bonds. The van der Waals surface area contributed by atoms with Gasteiger partial charge in [-0.1, -0.05) is 19.6 Å². The molecule has 0 saturated carbocycles. The zero-order chi connectivity index (χ0) is 11.7. The molecule has 1 nitrogen and oxygen atoms in total. The van der Waals surface area contributed by atoms with Crippen molar-refractivity contribution in [3.8, 4) is 0 Å². The number of nitrogens with zero attached hydrogens (tertiary/aromatic N) is 1. The smallest absolute Gasteiger partial charge is 0.113 e. The van der Waals surface area contributed by atoms with Gasteiger partial charge in [-0.3, -0.25) is 0 Å². The second-order valence-corrected chi connectivity index (χ2v) is 13.0. The van der Waals surface area contributed by atoms with Gasteiger partial charge in [0, 0.05) is 8.07 Å². The fraction of sp³-hybridized carbons (Fsp3) is 0.667. The molecule has 1 rings (SSSR count). The molecule has 0 aliphatic rings. The highest BCUT2D eigenvalue weighted by Gasteiger charge is 2.19. The fourth-order valence-electron chi connectivity index (χ4n) is 1.67. The average Bonchev–Trinajstić information content (AvgIpc) is 2.29. The Morgan fingerprint density at radius 1 is 1.20 bits per heavy atom. The predicted octanol–water partition coefficient (Wildman–Crippen LogP) is 3.37. The van der Waals surface area contributed by atoms with Crippen LogP contribution in [0.2, 0.25) is 19.6 Å². The van der Waals surface area contributed by atoms with E-state index < -0.39 is 8.07 Å². The Hall–Kier alpha value is -0.123. The maximum absolute atomic E-state index is 2.44. The maximum atomic E-state index is 2.44. The molecule has 0 N–H and O–H groups in total. The molecule has 0 spiro atoms. The Morgan fingerprint density at radius 3 is 2.27 bits per heavy atom. The predicted molar refractivity (Wildman–Crippen MR) is 73.1 cm³/mol. The largest absolute Gasteiger partial charge is 0.326 e. The first kappa shape index (κ1) is 12.9. The van der Waals surface area contributed by atoms with Crippen LogP contribution in [0, 0.1) is 0 Å². The lowest BCUT2D eigenvalue weighted by molar-refractivity contribution is -0.883. The molecule has 0 fully saturated rings. The summed E-state index contributed by atoms with van der Waals surface area (Å²) in [7, 11) is 5.82. The van der Waals surface area contributed by atoms with Crippen LogP contribution in [0.25, 0.3) is 0 Å². The van der Waals surface area contributed by atoms with Crippen molar-refractivity contribution in [1.29, 1.82) is 0 Å². The van der Waals surface area contributed by atoms with Crippen LogP contribution < -0.4 is 0 Å². The van der Waals surface area contributed by atoms with Gasteiger partial charge >= 0.3 is 0 Å². The molecular formula is C12H24NSSi+. The zero-order valence-electron chi connectivity index (χ0n) is 10.9. The average molecular weight is 242 g/mol. The lowest BCUT2D eigenvalue weighted by atomic mass is 10.3. The Labute approximate surface area is 99.3 Å². The van der Waals surface area contributed by atoms with E-state index in [0.717, 1.165) is 11.0 Å². The Bertz CT molecular complexity index is 287. The van der Waals surface area contributed by atoms with Crippen molar-refractivity contribution in [1.82, 2.24) is 0 Å².